The van der Waals surface area contributed by atoms with E-state index in [2.05, 4.69) is 10.3 Å². The number of carboxylic acid groups (broad SMARTS) is 1. The first-order chi connectivity index (χ1) is 12.0. The van der Waals surface area contributed by atoms with Crippen LogP contribution in [0.15, 0.2) is 42.6 Å². The lowest BCUT2D eigenvalue weighted by Crippen LogP contribution is -2.10. The SMILES string of the molecule is O=C(O)c1cc([N+](=O)[O-])ccc1NCCc1c[nH]c2ccc(F)cc12. The molecule has 25 heavy (non-hydrogen) atoms. The lowest BCUT2D eigenvalue weighted by Gasteiger charge is -2.09. The van der Waals surface area contributed by atoms with Gasteiger partial charge in [-0.1, -0.05) is 0 Å². The van der Waals surface area contributed by atoms with Gasteiger partial charge in [-0.15, -0.1) is 0 Å². The minimum atomic E-state index is -1.25. The van der Waals surface area contributed by atoms with Crippen LogP contribution in [0.2, 0.25) is 0 Å². The zero-order valence-electron chi connectivity index (χ0n) is 13.0. The molecule has 0 aliphatic carbocycles. The third-order valence-electron chi connectivity index (χ3n) is 3.88. The van der Waals surface area contributed by atoms with Crippen molar-refractivity contribution < 1.29 is 19.2 Å². The number of hydrogen-bond donors (Lipinski definition) is 3. The molecule has 0 aliphatic rings. The van der Waals surface area contributed by atoms with Crippen molar-refractivity contribution in [3.8, 4) is 0 Å². The molecule has 0 aliphatic heterocycles. The molecule has 3 N–H and O–H groups in total. The fraction of sp³-hybridized carbons (Fsp3) is 0.118. The lowest BCUT2D eigenvalue weighted by atomic mass is 10.1. The number of aromatic nitrogens is 1. The van der Waals surface area contributed by atoms with Gasteiger partial charge in [0.25, 0.3) is 5.69 Å². The number of carboxylic acids is 1. The van der Waals surface area contributed by atoms with Gasteiger partial charge < -0.3 is 15.4 Å². The average Bonchev–Trinajstić information content (AvgIpc) is 2.97. The van der Waals surface area contributed by atoms with E-state index < -0.39 is 10.9 Å². The van der Waals surface area contributed by atoms with Crippen molar-refractivity contribution in [3.63, 3.8) is 0 Å². The van der Waals surface area contributed by atoms with E-state index in [0.717, 1.165) is 22.5 Å². The van der Waals surface area contributed by atoms with Crippen LogP contribution in [0, 0.1) is 15.9 Å². The van der Waals surface area contributed by atoms with Crippen molar-refractivity contribution >= 4 is 28.2 Å². The van der Waals surface area contributed by atoms with Crippen molar-refractivity contribution in [1.29, 1.82) is 0 Å². The van der Waals surface area contributed by atoms with Gasteiger partial charge >= 0.3 is 5.97 Å². The van der Waals surface area contributed by atoms with Crippen molar-refractivity contribution in [1.82, 2.24) is 4.98 Å². The van der Waals surface area contributed by atoms with E-state index in [-0.39, 0.29) is 17.1 Å². The van der Waals surface area contributed by atoms with Gasteiger partial charge in [-0.05, 0) is 36.2 Å². The molecule has 0 bridgehead atoms. The third kappa shape index (κ3) is 3.42. The number of aromatic amines is 1. The lowest BCUT2D eigenvalue weighted by molar-refractivity contribution is -0.384. The highest BCUT2D eigenvalue weighted by atomic mass is 19.1. The van der Waals surface area contributed by atoms with Gasteiger partial charge in [-0.2, -0.15) is 0 Å². The highest BCUT2D eigenvalue weighted by Crippen LogP contribution is 2.23. The van der Waals surface area contributed by atoms with Crippen LogP contribution in [0.5, 0.6) is 0 Å². The molecule has 0 fully saturated rings. The molecule has 2 aromatic carbocycles. The number of fused-ring (bicyclic) bond motifs is 1. The van der Waals surface area contributed by atoms with Gasteiger partial charge in [-0.3, -0.25) is 10.1 Å². The molecular weight excluding hydrogens is 329 g/mol. The quantitative estimate of drug-likeness (QED) is 0.468. The summed E-state index contributed by atoms with van der Waals surface area (Å²) in [7, 11) is 0. The molecule has 0 amide bonds. The van der Waals surface area contributed by atoms with Crippen LogP contribution in [0.3, 0.4) is 0 Å². The van der Waals surface area contributed by atoms with Crippen LogP contribution < -0.4 is 5.32 Å². The first-order valence-electron chi connectivity index (χ1n) is 7.47. The maximum atomic E-state index is 13.4. The maximum Gasteiger partial charge on any atom is 0.338 e. The summed E-state index contributed by atoms with van der Waals surface area (Å²) in [6.45, 7) is 0.390. The van der Waals surface area contributed by atoms with Crippen LogP contribution in [0.1, 0.15) is 15.9 Å². The summed E-state index contributed by atoms with van der Waals surface area (Å²) < 4.78 is 13.4. The number of nitrogens with one attached hydrogen (secondary N) is 2. The number of nitro groups is 1. The minimum absolute atomic E-state index is 0.167. The number of non-ortho nitro benzene ring substituents is 1. The first-order valence-corrected chi connectivity index (χ1v) is 7.47. The molecule has 128 valence electrons. The van der Waals surface area contributed by atoms with Gasteiger partial charge in [0.1, 0.15) is 5.82 Å². The van der Waals surface area contributed by atoms with E-state index in [9.17, 15) is 24.4 Å². The molecule has 0 atom stereocenters. The van der Waals surface area contributed by atoms with Gasteiger partial charge in [0.2, 0.25) is 0 Å². The Morgan fingerprint density at radius 1 is 1.28 bits per heavy atom. The summed E-state index contributed by atoms with van der Waals surface area (Å²) in [5, 5.41) is 23.7. The predicted molar refractivity (Wildman–Crippen MR) is 90.5 cm³/mol. The van der Waals surface area contributed by atoms with Gasteiger partial charge in [-0.25, -0.2) is 9.18 Å². The number of nitrogens with zero attached hydrogens (tertiary/aromatic N) is 1. The number of rotatable bonds is 6. The van der Waals surface area contributed by atoms with E-state index >= 15 is 0 Å². The number of anilines is 1. The number of carbonyl (C=O) groups is 1. The van der Waals surface area contributed by atoms with Crippen molar-refractivity contribution in [3.05, 3.63) is 69.7 Å². The number of aromatic carboxylic acids is 1. The predicted octanol–water partition coefficient (Wildman–Crippen LogP) is 3.57. The molecule has 7 nitrogen and oxygen atoms in total. The van der Waals surface area contributed by atoms with E-state index in [1.54, 1.807) is 12.3 Å². The number of nitro benzene ring substituents is 1. The summed E-state index contributed by atoms with van der Waals surface area (Å²) >= 11 is 0. The topological polar surface area (TPSA) is 108 Å². The molecule has 0 saturated heterocycles. The van der Waals surface area contributed by atoms with Crippen LogP contribution in [-0.2, 0) is 6.42 Å². The Labute approximate surface area is 141 Å². The Morgan fingerprint density at radius 3 is 2.80 bits per heavy atom. The molecule has 0 unspecified atom stereocenters. The van der Waals surface area contributed by atoms with E-state index in [4.69, 9.17) is 0 Å². The zero-order valence-corrected chi connectivity index (χ0v) is 13.0. The number of benzene rings is 2. The number of H-pyrrole nitrogens is 1. The number of halogens is 1. The monoisotopic (exact) mass is 343 g/mol. The van der Waals surface area contributed by atoms with Gasteiger partial charge in [0, 0.05) is 41.5 Å². The fourth-order valence-electron chi connectivity index (χ4n) is 2.67. The van der Waals surface area contributed by atoms with Crippen molar-refractivity contribution in [2.75, 3.05) is 11.9 Å². The van der Waals surface area contributed by atoms with Crippen molar-refractivity contribution in [2.24, 2.45) is 0 Å². The average molecular weight is 343 g/mol. The van der Waals surface area contributed by atoms with E-state index in [0.29, 0.717) is 18.7 Å². The second-order valence-corrected chi connectivity index (χ2v) is 5.47. The summed E-state index contributed by atoms with van der Waals surface area (Å²) in [5.41, 5.74) is 1.55. The van der Waals surface area contributed by atoms with Crippen LogP contribution >= 0.6 is 0 Å². The third-order valence-corrected chi connectivity index (χ3v) is 3.88. The molecule has 0 radical (unpaired) electrons. The molecule has 8 heteroatoms. The molecular formula is C17H14FN3O4. The Morgan fingerprint density at radius 2 is 2.08 bits per heavy atom. The zero-order chi connectivity index (χ0) is 18.0. The molecule has 0 saturated carbocycles. The summed E-state index contributed by atoms with van der Waals surface area (Å²) in [6.07, 6.45) is 2.30. The Balaban J connectivity index is 1.76. The van der Waals surface area contributed by atoms with Gasteiger partial charge in [0.05, 0.1) is 10.5 Å². The van der Waals surface area contributed by atoms with Gasteiger partial charge in [0.15, 0.2) is 0 Å². The molecule has 1 aromatic heterocycles. The van der Waals surface area contributed by atoms with Crippen molar-refractivity contribution in [2.45, 2.75) is 6.42 Å². The van der Waals surface area contributed by atoms with Crippen LogP contribution in [-0.4, -0.2) is 27.5 Å². The summed E-state index contributed by atoms with van der Waals surface area (Å²) in [5.74, 6) is -1.58. The normalized spacial score (nSPS) is 10.8. The van der Waals surface area contributed by atoms with E-state index in [1.807, 2.05) is 0 Å². The standard InChI is InChI=1S/C17H14FN3O4/c18-11-1-3-15-13(7-11)10(9-20-15)5-6-19-16-4-2-12(21(24)25)8-14(16)17(22)23/h1-4,7-9,19-20H,5-6H2,(H,22,23). The maximum absolute atomic E-state index is 13.4. The Bertz CT molecular complexity index is 968. The largest absolute Gasteiger partial charge is 0.478 e. The Hall–Kier alpha value is -3.42. The summed E-state index contributed by atoms with van der Waals surface area (Å²) in [4.78, 5) is 24.5. The molecule has 3 aromatic rings. The second kappa shape index (κ2) is 6.60. The molecule has 3 rings (SSSR count). The van der Waals surface area contributed by atoms with Crippen LogP contribution in [0.25, 0.3) is 10.9 Å². The fourth-order valence-corrected chi connectivity index (χ4v) is 2.67. The number of hydrogen-bond acceptors (Lipinski definition) is 4. The second-order valence-electron chi connectivity index (χ2n) is 5.47. The Kier molecular flexibility index (Phi) is 4.34. The minimum Gasteiger partial charge on any atom is -0.478 e. The first kappa shape index (κ1) is 16.4. The van der Waals surface area contributed by atoms with E-state index in [1.165, 1.54) is 24.3 Å². The van der Waals surface area contributed by atoms with Crippen LogP contribution in [0.4, 0.5) is 15.8 Å². The highest BCUT2D eigenvalue weighted by Gasteiger charge is 2.16. The summed E-state index contributed by atoms with van der Waals surface area (Å²) in [6, 6.07) is 8.10. The smallest absolute Gasteiger partial charge is 0.338 e. The molecule has 1 heterocycles. The highest BCUT2D eigenvalue weighted by molar-refractivity contribution is 5.95. The molecule has 0 spiro atoms.